The van der Waals surface area contributed by atoms with E-state index in [1.54, 1.807) is 0 Å². The second-order valence-corrected chi connectivity index (χ2v) is 42.9. The first-order valence-corrected chi connectivity index (χ1v) is 39.0. The van der Waals surface area contributed by atoms with Crippen LogP contribution >= 0.6 is 0 Å². The smallest absolute Gasteiger partial charge is 0.436 e. The lowest BCUT2D eigenvalue weighted by molar-refractivity contribution is -0.000859. The molecule has 0 bridgehead atoms. The minimum absolute atomic E-state index is 0.00393. The SMILES string of the molecule is C[Si]O[Si](C)(C)O[Si](OCO[Si](C)(C)CCCOCCO)(O[Si](C)(C)O[Si](C)(C)CCCOCCO)O[Si](C)(C)O[Si](C)(C)CCCOCCO. The molecule has 0 rings (SSSR count). The standard InChI is InChI=1S/C29H74O14Si8/c1-44-38-48(8,9)41-51(37-29-36-45(2,3)26-14-20-33-23-17-30,42-49(10,11)39-46(4,5)27-15-21-34-24-18-31)43-50(12,13)40-47(6,7)28-16-22-35-25-19-32/h30-32H,14-29H2,1-13H3. The molecule has 2 radical (unpaired) electrons. The molecule has 3 N–H and O–H groups in total. The molecule has 0 spiro atoms. The summed E-state index contributed by atoms with van der Waals surface area (Å²) >= 11 is 0. The van der Waals surface area contributed by atoms with Crippen molar-refractivity contribution in [1.82, 2.24) is 0 Å². The number of aliphatic hydroxyl groups excluding tert-OH is 3. The van der Waals surface area contributed by atoms with Crippen molar-refractivity contribution in [2.75, 3.05) is 66.3 Å². The zero-order valence-corrected chi connectivity index (χ0v) is 42.1. The summed E-state index contributed by atoms with van der Waals surface area (Å²) in [5.74, 6) is 0. The van der Waals surface area contributed by atoms with Crippen LogP contribution in [0.15, 0.2) is 0 Å². The lowest BCUT2D eigenvalue weighted by atomic mass is 10.5. The summed E-state index contributed by atoms with van der Waals surface area (Å²) in [6, 6.07) is 2.55. The normalized spacial score (nSPS) is 14.1. The Morgan fingerprint density at radius 3 is 1.14 bits per heavy atom. The first kappa shape index (κ1) is 52.2. The predicted molar refractivity (Wildman–Crippen MR) is 218 cm³/mol. The van der Waals surface area contributed by atoms with E-state index in [2.05, 4.69) is 39.3 Å². The van der Waals surface area contributed by atoms with Crippen LogP contribution in [0.1, 0.15) is 19.3 Å². The van der Waals surface area contributed by atoms with Gasteiger partial charge in [-0.1, -0.05) is 0 Å². The summed E-state index contributed by atoms with van der Waals surface area (Å²) in [5, 5.41) is 27.1. The fourth-order valence-electron chi connectivity index (χ4n) is 5.43. The average molecular weight is 872 g/mol. The molecule has 0 heterocycles. The van der Waals surface area contributed by atoms with E-state index in [0.29, 0.717) is 39.6 Å². The van der Waals surface area contributed by atoms with E-state index < -0.39 is 59.7 Å². The van der Waals surface area contributed by atoms with Gasteiger partial charge in [0.15, 0.2) is 25.0 Å². The van der Waals surface area contributed by atoms with Gasteiger partial charge in [0.1, 0.15) is 6.79 Å². The van der Waals surface area contributed by atoms with Crippen LogP contribution in [0.2, 0.25) is 103 Å². The van der Waals surface area contributed by atoms with Crippen LogP contribution in [0, 0.1) is 0 Å². The van der Waals surface area contributed by atoms with Gasteiger partial charge < -0.3 is 63.1 Å². The average Bonchev–Trinajstić information content (AvgIpc) is 2.94. The van der Waals surface area contributed by atoms with E-state index in [1.165, 1.54) is 0 Å². The third kappa shape index (κ3) is 27.4. The van der Waals surface area contributed by atoms with Crippen molar-refractivity contribution >= 4 is 69.4 Å². The minimum Gasteiger partial charge on any atom is -0.436 e. The Morgan fingerprint density at radius 1 is 0.431 bits per heavy atom. The Kier molecular flexibility index (Phi) is 26.0. The molecule has 0 saturated heterocycles. The maximum Gasteiger partial charge on any atom is 0.654 e. The molecule has 0 atom stereocenters. The van der Waals surface area contributed by atoms with Gasteiger partial charge in [-0.2, -0.15) is 0 Å². The van der Waals surface area contributed by atoms with Crippen LogP contribution in [-0.4, -0.2) is 151 Å². The second-order valence-electron chi connectivity index (χ2n) is 15.5. The number of ether oxygens (including phenoxy) is 3. The van der Waals surface area contributed by atoms with Crippen molar-refractivity contribution in [2.24, 2.45) is 0 Å². The summed E-state index contributed by atoms with van der Waals surface area (Å²) in [7, 11) is -19.4. The highest BCUT2D eigenvalue weighted by Crippen LogP contribution is 2.32. The Balaban J connectivity index is 6.44. The topological polar surface area (TPSA) is 162 Å². The number of hydrogen-bond acceptors (Lipinski definition) is 14. The number of rotatable bonds is 34. The summed E-state index contributed by atoms with van der Waals surface area (Å²) in [6.45, 7) is 29.4. The highest BCUT2D eigenvalue weighted by molar-refractivity contribution is 6.90. The zero-order valence-electron chi connectivity index (χ0n) is 34.1. The van der Waals surface area contributed by atoms with Crippen molar-refractivity contribution in [2.45, 2.75) is 123 Å². The van der Waals surface area contributed by atoms with Gasteiger partial charge in [0.05, 0.1) is 39.6 Å². The molecule has 306 valence electrons. The van der Waals surface area contributed by atoms with Crippen LogP contribution in [0.5, 0.6) is 0 Å². The summed E-state index contributed by atoms with van der Waals surface area (Å²) in [5.41, 5.74) is 0. The van der Waals surface area contributed by atoms with Crippen LogP contribution < -0.4 is 0 Å². The fourth-order valence-corrected chi connectivity index (χ4v) is 33.9. The van der Waals surface area contributed by atoms with Crippen molar-refractivity contribution < 1.29 is 63.1 Å². The Hall–Kier alpha value is 1.18. The van der Waals surface area contributed by atoms with E-state index >= 15 is 0 Å². The fraction of sp³-hybridized carbons (Fsp3) is 1.00. The molecular weight excluding hydrogens is 797 g/mol. The number of aliphatic hydroxyl groups is 3. The molecule has 0 aliphatic rings. The molecule has 14 nitrogen and oxygen atoms in total. The molecule has 22 heteroatoms. The van der Waals surface area contributed by atoms with E-state index in [1.807, 2.05) is 45.8 Å². The molecule has 0 saturated carbocycles. The Morgan fingerprint density at radius 2 is 0.784 bits per heavy atom. The van der Waals surface area contributed by atoms with Gasteiger partial charge >= 0.3 is 34.7 Å². The molecule has 0 amide bonds. The van der Waals surface area contributed by atoms with Crippen LogP contribution in [-0.2, 0) is 47.8 Å². The highest BCUT2D eigenvalue weighted by atomic mass is 28.5. The van der Waals surface area contributed by atoms with Gasteiger partial charge in [-0.25, -0.2) is 0 Å². The third-order valence-electron chi connectivity index (χ3n) is 7.10. The largest absolute Gasteiger partial charge is 0.654 e. The van der Waals surface area contributed by atoms with E-state index in [-0.39, 0.29) is 36.4 Å². The molecule has 0 unspecified atom stereocenters. The highest BCUT2D eigenvalue weighted by Gasteiger charge is 2.59. The van der Waals surface area contributed by atoms with Gasteiger partial charge in [0.25, 0.3) is 0 Å². The molecule has 0 aromatic heterocycles. The molecule has 51 heavy (non-hydrogen) atoms. The monoisotopic (exact) mass is 870 g/mol. The van der Waals surface area contributed by atoms with E-state index in [4.69, 9.17) is 63.1 Å². The molecular formula is C29H74O14Si8. The van der Waals surface area contributed by atoms with Gasteiger partial charge in [0, 0.05) is 19.8 Å². The Bertz CT molecular complexity index is 861. The van der Waals surface area contributed by atoms with Gasteiger partial charge in [-0.15, -0.1) is 0 Å². The van der Waals surface area contributed by atoms with E-state index in [0.717, 1.165) is 37.4 Å². The lowest BCUT2D eigenvalue weighted by Crippen LogP contribution is -2.67. The molecule has 0 aromatic carbocycles. The maximum absolute atomic E-state index is 9.06. The van der Waals surface area contributed by atoms with Crippen LogP contribution in [0.4, 0.5) is 0 Å². The summed E-state index contributed by atoms with van der Waals surface area (Å²) in [4.78, 5) is 0. The number of hydrogen-bond donors (Lipinski definition) is 3. The predicted octanol–water partition coefficient (Wildman–Crippen LogP) is 5.10. The van der Waals surface area contributed by atoms with Crippen LogP contribution in [0.3, 0.4) is 0 Å². The molecule has 0 aliphatic carbocycles. The third-order valence-corrected chi connectivity index (χ3v) is 33.2. The van der Waals surface area contributed by atoms with Gasteiger partial charge in [0.2, 0.25) is 9.76 Å². The quantitative estimate of drug-likeness (QED) is 0.0445. The van der Waals surface area contributed by atoms with Crippen molar-refractivity contribution in [1.29, 1.82) is 0 Å². The van der Waals surface area contributed by atoms with Crippen molar-refractivity contribution in [3.05, 3.63) is 0 Å². The first-order chi connectivity index (χ1) is 23.5. The molecule has 0 aliphatic heterocycles. The molecule has 0 aromatic rings. The maximum atomic E-state index is 9.06. The summed E-state index contributed by atoms with van der Waals surface area (Å²) < 4.78 is 70.6. The second kappa shape index (κ2) is 25.4. The van der Waals surface area contributed by atoms with Gasteiger partial charge in [-0.05, 0) is 123 Å². The Labute approximate surface area is 320 Å². The van der Waals surface area contributed by atoms with Crippen molar-refractivity contribution in [3.63, 3.8) is 0 Å². The lowest BCUT2D eigenvalue weighted by Gasteiger charge is -2.44. The van der Waals surface area contributed by atoms with E-state index in [9.17, 15) is 0 Å². The van der Waals surface area contributed by atoms with Crippen LogP contribution in [0.25, 0.3) is 0 Å². The zero-order chi connectivity index (χ0) is 39.3. The van der Waals surface area contributed by atoms with Gasteiger partial charge in [-0.3, -0.25) is 0 Å². The summed E-state index contributed by atoms with van der Waals surface area (Å²) in [6.07, 6.45) is 2.45. The first-order valence-electron chi connectivity index (χ1n) is 18.2. The minimum atomic E-state index is -4.09. The molecule has 0 fully saturated rings. The van der Waals surface area contributed by atoms with Crippen molar-refractivity contribution in [3.8, 4) is 0 Å².